The molecule has 0 unspecified atom stereocenters. The van der Waals surface area contributed by atoms with Gasteiger partial charge in [0.15, 0.2) is 17.6 Å². The summed E-state index contributed by atoms with van der Waals surface area (Å²) in [5, 5.41) is 2.58. The van der Waals surface area contributed by atoms with Crippen molar-refractivity contribution in [2.45, 2.75) is 26.1 Å². The second-order valence-corrected chi connectivity index (χ2v) is 4.34. The van der Waals surface area contributed by atoms with Gasteiger partial charge in [0.1, 0.15) is 6.61 Å². The topological polar surface area (TPSA) is 73.9 Å². The summed E-state index contributed by atoms with van der Waals surface area (Å²) in [7, 11) is 0. The molecular formula is C14H17NO5. The summed E-state index contributed by atoms with van der Waals surface area (Å²) in [4.78, 5) is 23.4. The minimum absolute atomic E-state index is 0.0674. The molecule has 1 heterocycles. The van der Waals surface area contributed by atoms with Gasteiger partial charge >= 0.3 is 5.97 Å². The van der Waals surface area contributed by atoms with Crippen LogP contribution in [0.1, 0.15) is 13.8 Å². The largest absolute Gasteiger partial charge is 0.485 e. The number of carbonyl (C=O) groups is 2. The molecule has 2 rings (SSSR count). The van der Waals surface area contributed by atoms with Crippen molar-refractivity contribution in [1.82, 2.24) is 5.32 Å². The molecule has 1 aromatic rings. The van der Waals surface area contributed by atoms with Crippen molar-refractivity contribution in [3.63, 3.8) is 0 Å². The number of fused-ring (bicyclic) bond motifs is 1. The molecule has 108 valence electrons. The van der Waals surface area contributed by atoms with Crippen molar-refractivity contribution in [1.29, 1.82) is 0 Å². The maximum absolute atomic E-state index is 11.9. The van der Waals surface area contributed by atoms with Gasteiger partial charge < -0.3 is 19.5 Å². The molecule has 2 atom stereocenters. The van der Waals surface area contributed by atoms with E-state index in [2.05, 4.69) is 5.32 Å². The molecule has 0 fully saturated rings. The van der Waals surface area contributed by atoms with E-state index in [-0.39, 0.29) is 12.5 Å². The van der Waals surface area contributed by atoms with Gasteiger partial charge in [0.05, 0.1) is 0 Å². The summed E-state index contributed by atoms with van der Waals surface area (Å²) in [5.74, 6) is 0.135. The minimum Gasteiger partial charge on any atom is -0.485 e. The Morgan fingerprint density at radius 3 is 2.80 bits per heavy atom. The fourth-order valence-electron chi connectivity index (χ4n) is 1.76. The molecule has 0 saturated carbocycles. The summed E-state index contributed by atoms with van der Waals surface area (Å²) >= 11 is 0. The standard InChI is InChI=1S/C14H17NO5/c1-3-15-13(16)9(2)19-14(17)12-8-18-10-6-4-5-7-11(10)20-12/h4-7,9,12H,3,8H2,1-2H3,(H,15,16)/t9-,12-/m0/s1. The molecule has 0 radical (unpaired) electrons. The molecule has 0 bridgehead atoms. The predicted molar refractivity (Wildman–Crippen MR) is 70.6 cm³/mol. The van der Waals surface area contributed by atoms with Crippen LogP contribution >= 0.6 is 0 Å². The number of nitrogens with one attached hydrogen (secondary N) is 1. The van der Waals surface area contributed by atoms with Crippen molar-refractivity contribution < 1.29 is 23.8 Å². The molecule has 0 aliphatic carbocycles. The van der Waals surface area contributed by atoms with Gasteiger partial charge in [-0.25, -0.2) is 4.79 Å². The van der Waals surface area contributed by atoms with E-state index in [0.717, 1.165) is 0 Å². The Hall–Kier alpha value is -2.24. The number of rotatable bonds is 4. The minimum atomic E-state index is -0.859. The molecule has 1 N–H and O–H groups in total. The Kier molecular flexibility index (Phi) is 4.45. The highest BCUT2D eigenvalue weighted by atomic mass is 16.6. The second-order valence-electron chi connectivity index (χ2n) is 4.34. The fourth-order valence-corrected chi connectivity index (χ4v) is 1.76. The van der Waals surface area contributed by atoms with Crippen molar-refractivity contribution >= 4 is 11.9 Å². The molecule has 1 aromatic carbocycles. The summed E-state index contributed by atoms with van der Waals surface area (Å²) in [6.45, 7) is 3.86. The van der Waals surface area contributed by atoms with E-state index in [0.29, 0.717) is 18.0 Å². The van der Waals surface area contributed by atoms with Crippen molar-refractivity contribution in [3.8, 4) is 11.5 Å². The van der Waals surface area contributed by atoms with E-state index in [1.165, 1.54) is 6.92 Å². The first-order chi connectivity index (χ1) is 9.61. The second kappa shape index (κ2) is 6.27. The van der Waals surface area contributed by atoms with Crippen LogP contribution in [-0.4, -0.2) is 37.2 Å². The van der Waals surface area contributed by atoms with Gasteiger partial charge in [0, 0.05) is 6.54 Å². The average Bonchev–Trinajstić information content (AvgIpc) is 2.46. The summed E-state index contributed by atoms with van der Waals surface area (Å²) in [6, 6.07) is 7.07. The molecule has 1 aliphatic heterocycles. The van der Waals surface area contributed by atoms with Crippen LogP contribution in [-0.2, 0) is 14.3 Å². The van der Waals surface area contributed by atoms with Gasteiger partial charge in [0.25, 0.3) is 5.91 Å². The molecule has 1 aliphatic rings. The number of amides is 1. The Morgan fingerprint density at radius 1 is 1.40 bits per heavy atom. The smallest absolute Gasteiger partial charge is 0.351 e. The number of para-hydroxylation sites is 2. The number of hydrogen-bond acceptors (Lipinski definition) is 5. The van der Waals surface area contributed by atoms with Crippen molar-refractivity contribution in [3.05, 3.63) is 24.3 Å². The lowest BCUT2D eigenvalue weighted by Gasteiger charge is -2.25. The summed E-state index contributed by atoms with van der Waals surface area (Å²) in [5.41, 5.74) is 0. The van der Waals surface area contributed by atoms with Crippen LogP contribution in [0.5, 0.6) is 11.5 Å². The fraction of sp³-hybridized carbons (Fsp3) is 0.429. The van der Waals surface area contributed by atoms with E-state index < -0.39 is 18.2 Å². The molecular weight excluding hydrogens is 262 g/mol. The third-order valence-corrected chi connectivity index (χ3v) is 2.78. The number of hydrogen-bond donors (Lipinski definition) is 1. The van der Waals surface area contributed by atoms with Gasteiger partial charge in [-0.05, 0) is 26.0 Å². The van der Waals surface area contributed by atoms with E-state index in [4.69, 9.17) is 14.2 Å². The Bertz CT molecular complexity index is 502. The predicted octanol–water partition coefficient (Wildman–Crippen LogP) is 0.894. The third kappa shape index (κ3) is 3.20. The lowest BCUT2D eigenvalue weighted by Crippen LogP contribution is -2.42. The van der Waals surface area contributed by atoms with Gasteiger partial charge in [-0.3, -0.25) is 4.79 Å². The van der Waals surface area contributed by atoms with Crippen LogP contribution < -0.4 is 14.8 Å². The van der Waals surface area contributed by atoms with Gasteiger partial charge in [-0.1, -0.05) is 12.1 Å². The molecule has 6 heteroatoms. The first-order valence-corrected chi connectivity index (χ1v) is 6.48. The molecule has 20 heavy (non-hydrogen) atoms. The van der Waals surface area contributed by atoms with Crippen molar-refractivity contribution in [2.24, 2.45) is 0 Å². The van der Waals surface area contributed by atoms with E-state index >= 15 is 0 Å². The van der Waals surface area contributed by atoms with Gasteiger partial charge in [0.2, 0.25) is 6.10 Å². The zero-order valence-corrected chi connectivity index (χ0v) is 11.4. The lowest BCUT2D eigenvalue weighted by molar-refractivity contribution is -0.163. The maximum atomic E-state index is 11.9. The summed E-state index contributed by atoms with van der Waals surface area (Å²) < 4.78 is 16.0. The molecule has 1 amide bonds. The van der Waals surface area contributed by atoms with Crippen LogP contribution in [0.2, 0.25) is 0 Å². The normalized spacial score (nSPS) is 18.0. The number of carbonyl (C=O) groups excluding carboxylic acids is 2. The number of benzene rings is 1. The van der Waals surface area contributed by atoms with E-state index in [1.807, 2.05) is 6.07 Å². The maximum Gasteiger partial charge on any atom is 0.351 e. The average molecular weight is 279 g/mol. The van der Waals surface area contributed by atoms with E-state index in [1.54, 1.807) is 25.1 Å². The SMILES string of the molecule is CCNC(=O)[C@H](C)OC(=O)[C@@H]1COc2ccccc2O1. The highest BCUT2D eigenvalue weighted by Crippen LogP contribution is 2.31. The Morgan fingerprint density at radius 2 is 2.10 bits per heavy atom. The number of ether oxygens (including phenoxy) is 3. The summed E-state index contributed by atoms with van der Waals surface area (Å²) in [6.07, 6.45) is -1.72. The van der Waals surface area contributed by atoms with Gasteiger partial charge in [-0.15, -0.1) is 0 Å². The molecule has 0 spiro atoms. The molecule has 0 aromatic heterocycles. The van der Waals surface area contributed by atoms with Crippen LogP contribution in [0.25, 0.3) is 0 Å². The first kappa shape index (κ1) is 14.2. The quantitative estimate of drug-likeness (QED) is 0.829. The van der Waals surface area contributed by atoms with Gasteiger partial charge in [-0.2, -0.15) is 0 Å². The zero-order chi connectivity index (χ0) is 14.5. The lowest BCUT2D eigenvalue weighted by atomic mass is 10.2. The first-order valence-electron chi connectivity index (χ1n) is 6.48. The Balaban J connectivity index is 1.93. The number of esters is 1. The van der Waals surface area contributed by atoms with E-state index in [9.17, 15) is 9.59 Å². The third-order valence-electron chi connectivity index (χ3n) is 2.78. The van der Waals surface area contributed by atoms with Crippen LogP contribution in [0.3, 0.4) is 0 Å². The Labute approximate surface area is 117 Å². The molecule has 0 saturated heterocycles. The highest BCUT2D eigenvalue weighted by molar-refractivity contribution is 5.84. The van der Waals surface area contributed by atoms with Crippen LogP contribution in [0.15, 0.2) is 24.3 Å². The monoisotopic (exact) mass is 279 g/mol. The molecule has 6 nitrogen and oxygen atoms in total. The van der Waals surface area contributed by atoms with Crippen LogP contribution in [0, 0.1) is 0 Å². The van der Waals surface area contributed by atoms with Crippen LogP contribution in [0.4, 0.5) is 0 Å². The number of likely N-dealkylation sites (N-methyl/N-ethyl adjacent to an activating group) is 1. The van der Waals surface area contributed by atoms with Crippen molar-refractivity contribution in [2.75, 3.05) is 13.2 Å². The highest BCUT2D eigenvalue weighted by Gasteiger charge is 2.30. The zero-order valence-electron chi connectivity index (χ0n) is 11.4.